The summed E-state index contributed by atoms with van der Waals surface area (Å²) in [5, 5.41) is 0. The Bertz CT molecular complexity index is 616. The number of hydrogen-bond acceptors (Lipinski definition) is 4. The van der Waals surface area contributed by atoms with Crippen molar-refractivity contribution in [2.75, 3.05) is 12.8 Å². The summed E-state index contributed by atoms with van der Waals surface area (Å²) in [6.07, 6.45) is 0.750. The van der Waals surface area contributed by atoms with E-state index in [0.29, 0.717) is 16.6 Å². The van der Waals surface area contributed by atoms with Crippen LogP contribution >= 0.6 is 15.9 Å². The SMILES string of the molecule is COC1CC(NS(=O)(=O)c2ccc(N)cc2Br)C1(C)C. The van der Waals surface area contributed by atoms with E-state index >= 15 is 0 Å². The van der Waals surface area contributed by atoms with Crippen molar-refractivity contribution >= 4 is 31.6 Å². The van der Waals surface area contributed by atoms with Crippen molar-refractivity contribution in [2.24, 2.45) is 5.41 Å². The highest BCUT2D eigenvalue weighted by Crippen LogP contribution is 2.43. The molecule has 1 aliphatic carbocycles. The Hall–Kier alpha value is -0.630. The van der Waals surface area contributed by atoms with Gasteiger partial charge < -0.3 is 10.5 Å². The Morgan fingerprint density at radius 2 is 2.10 bits per heavy atom. The fourth-order valence-corrected chi connectivity index (χ4v) is 4.97. The van der Waals surface area contributed by atoms with Crippen LogP contribution in [0.5, 0.6) is 0 Å². The van der Waals surface area contributed by atoms with E-state index in [2.05, 4.69) is 20.7 Å². The lowest BCUT2D eigenvalue weighted by Crippen LogP contribution is -2.61. The number of benzene rings is 1. The molecule has 0 amide bonds. The monoisotopic (exact) mass is 362 g/mol. The van der Waals surface area contributed by atoms with Gasteiger partial charge in [-0.25, -0.2) is 13.1 Å². The first kappa shape index (κ1) is 15.8. The Labute approximate surface area is 128 Å². The zero-order valence-electron chi connectivity index (χ0n) is 11.7. The molecule has 1 saturated carbocycles. The molecule has 0 spiro atoms. The minimum atomic E-state index is -3.58. The summed E-state index contributed by atoms with van der Waals surface area (Å²) in [6, 6.07) is 4.52. The first-order valence-electron chi connectivity index (χ1n) is 6.28. The van der Waals surface area contributed by atoms with E-state index in [4.69, 9.17) is 10.5 Å². The van der Waals surface area contributed by atoms with Crippen LogP contribution in [0.4, 0.5) is 5.69 Å². The number of nitrogens with two attached hydrogens (primary N) is 1. The van der Waals surface area contributed by atoms with Crippen LogP contribution in [0.3, 0.4) is 0 Å². The topological polar surface area (TPSA) is 81.4 Å². The van der Waals surface area contributed by atoms with Crippen molar-refractivity contribution in [3.05, 3.63) is 22.7 Å². The van der Waals surface area contributed by atoms with Crippen molar-refractivity contribution in [1.82, 2.24) is 4.72 Å². The lowest BCUT2D eigenvalue weighted by atomic mass is 9.65. The molecule has 0 heterocycles. The number of rotatable bonds is 4. The Balaban J connectivity index is 2.21. The van der Waals surface area contributed by atoms with Crippen LogP contribution in [0.15, 0.2) is 27.6 Å². The molecule has 1 fully saturated rings. The number of nitrogens with one attached hydrogen (secondary N) is 1. The fraction of sp³-hybridized carbons (Fsp3) is 0.538. The van der Waals surface area contributed by atoms with Crippen molar-refractivity contribution in [1.29, 1.82) is 0 Å². The number of sulfonamides is 1. The first-order chi connectivity index (χ1) is 9.18. The van der Waals surface area contributed by atoms with Crippen LogP contribution in [0, 0.1) is 5.41 Å². The molecule has 0 bridgehead atoms. The molecule has 0 radical (unpaired) electrons. The predicted octanol–water partition coefficient (Wildman–Crippen LogP) is 2.12. The molecule has 1 aliphatic rings. The van der Waals surface area contributed by atoms with E-state index in [1.165, 1.54) is 6.07 Å². The standard InChI is InChI=1S/C13H19BrN2O3S/c1-13(2)11(7-12(13)19-3)16-20(17,18)10-5-4-8(15)6-9(10)14/h4-6,11-12,16H,7,15H2,1-3H3. The van der Waals surface area contributed by atoms with E-state index in [-0.39, 0.29) is 22.5 Å². The van der Waals surface area contributed by atoms with Gasteiger partial charge in [0.15, 0.2) is 0 Å². The van der Waals surface area contributed by atoms with Gasteiger partial charge in [0.2, 0.25) is 10.0 Å². The molecule has 0 aromatic heterocycles. The zero-order chi connectivity index (χ0) is 15.1. The maximum absolute atomic E-state index is 12.4. The third-order valence-electron chi connectivity index (χ3n) is 4.01. The molecule has 1 aromatic carbocycles. The van der Waals surface area contributed by atoms with Gasteiger partial charge in [0.1, 0.15) is 0 Å². The van der Waals surface area contributed by atoms with Gasteiger partial charge in [0.25, 0.3) is 0 Å². The summed E-state index contributed by atoms with van der Waals surface area (Å²) < 4.78 is 33.4. The van der Waals surface area contributed by atoms with E-state index in [9.17, 15) is 8.42 Å². The maximum atomic E-state index is 12.4. The van der Waals surface area contributed by atoms with Crippen molar-refractivity contribution in [2.45, 2.75) is 37.3 Å². The first-order valence-corrected chi connectivity index (χ1v) is 8.56. The lowest BCUT2D eigenvalue weighted by molar-refractivity contribution is -0.0908. The molecule has 3 N–H and O–H groups in total. The summed E-state index contributed by atoms with van der Waals surface area (Å²) in [7, 11) is -1.93. The molecule has 1 aromatic rings. The van der Waals surface area contributed by atoms with Gasteiger partial charge in [0, 0.05) is 28.7 Å². The summed E-state index contributed by atoms with van der Waals surface area (Å²) in [4.78, 5) is 0.198. The minimum Gasteiger partial charge on any atom is -0.399 e. The molecule has 112 valence electrons. The number of hydrogen-bond donors (Lipinski definition) is 2. The van der Waals surface area contributed by atoms with Gasteiger partial charge >= 0.3 is 0 Å². The maximum Gasteiger partial charge on any atom is 0.241 e. The van der Waals surface area contributed by atoms with Crippen molar-refractivity contribution < 1.29 is 13.2 Å². The second-order valence-corrected chi connectivity index (χ2v) is 8.18. The van der Waals surface area contributed by atoms with E-state index in [0.717, 1.165) is 0 Å². The third-order valence-corrected chi connectivity index (χ3v) is 6.45. The van der Waals surface area contributed by atoms with Gasteiger partial charge in [-0.15, -0.1) is 0 Å². The molecule has 7 heteroatoms. The quantitative estimate of drug-likeness (QED) is 0.803. The van der Waals surface area contributed by atoms with E-state index in [1.807, 2.05) is 13.8 Å². The Morgan fingerprint density at radius 1 is 1.45 bits per heavy atom. The number of halogens is 1. The van der Waals surface area contributed by atoms with Crippen LogP contribution in [0.2, 0.25) is 0 Å². The van der Waals surface area contributed by atoms with Crippen LogP contribution in [0.1, 0.15) is 20.3 Å². The van der Waals surface area contributed by atoms with Crippen LogP contribution in [0.25, 0.3) is 0 Å². The third kappa shape index (κ3) is 2.72. The van der Waals surface area contributed by atoms with E-state index < -0.39 is 10.0 Å². The number of ether oxygens (including phenoxy) is 1. The Morgan fingerprint density at radius 3 is 2.60 bits per heavy atom. The van der Waals surface area contributed by atoms with Crippen molar-refractivity contribution in [3.8, 4) is 0 Å². The molecule has 20 heavy (non-hydrogen) atoms. The van der Waals surface area contributed by atoms with Crippen LogP contribution in [-0.2, 0) is 14.8 Å². The summed E-state index contributed by atoms with van der Waals surface area (Å²) in [5.74, 6) is 0. The smallest absolute Gasteiger partial charge is 0.241 e. The molecule has 2 rings (SSSR count). The second kappa shape index (κ2) is 5.29. The normalized spacial score (nSPS) is 25.2. The summed E-state index contributed by atoms with van der Waals surface area (Å²) in [5.41, 5.74) is 5.92. The Kier molecular flexibility index (Phi) is 4.17. The van der Waals surface area contributed by atoms with Gasteiger partial charge in [-0.2, -0.15) is 0 Å². The highest BCUT2D eigenvalue weighted by Gasteiger charge is 2.50. The molecule has 0 aliphatic heterocycles. The van der Waals surface area contributed by atoms with E-state index in [1.54, 1.807) is 19.2 Å². The fourth-order valence-electron chi connectivity index (χ4n) is 2.47. The number of nitrogen functional groups attached to an aromatic ring is 1. The molecule has 2 atom stereocenters. The van der Waals surface area contributed by atoms with Gasteiger partial charge in [-0.1, -0.05) is 13.8 Å². The molecule has 0 saturated heterocycles. The van der Waals surface area contributed by atoms with Gasteiger partial charge in [0.05, 0.1) is 11.0 Å². The average Bonchev–Trinajstić information content (AvgIpc) is 2.33. The highest BCUT2D eigenvalue weighted by atomic mass is 79.9. The lowest BCUT2D eigenvalue weighted by Gasteiger charge is -2.50. The summed E-state index contributed by atoms with van der Waals surface area (Å²) >= 11 is 3.24. The van der Waals surface area contributed by atoms with Gasteiger partial charge in [-0.3, -0.25) is 0 Å². The molecule has 5 nitrogen and oxygen atoms in total. The minimum absolute atomic E-state index is 0.0741. The van der Waals surface area contributed by atoms with Crippen LogP contribution in [-0.4, -0.2) is 27.7 Å². The predicted molar refractivity (Wildman–Crippen MR) is 81.9 cm³/mol. The average molecular weight is 363 g/mol. The molecular formula is C13H19BrN2O3S. The molecule has 2 unspecified atom stereocenters. The molecular weight excluding hydrogens is 344 g/mol. The zero-order valence-corrected chi connectivity index (χ0v) is 14.1. The largest absolute Gasteiger partial charge is 0.399 e. The van der Waals surface area contributed by atoms with Crippen LogP contribution < -0.4 is 10.5 Å². The summed E-state index contributed by atoms with van der Waals surface area (Å²) in [6.45, 7) is 3.99. The number of methoxy groups -OCH3 is 1. The van der Waals surface area contributed by atoms with Crippen molar-refractivity contribution in [3.63, 3.8) is 0 Å². The van der Waals surface area contributed by atoms with Gasteiger partial charge in [-0.05, 0) is 40.5 Å². The highest BCUT2D eigenvalue weighted by molar-refractivity contribution is 9.10. The second-order valence-electron chi connectivity index (χ2n) is 5.65. The number of anilines is 1.